The number of hydrogen-bond acceptors (Lipinski definition) is 6. The number of rotatable bonds is 14. The van der Waals surface area contributed by atoms with E-state index in [1.807, 2.05) is 31.2 Å². The molecule has 6 nitrogen and oxygen atoms in total. The van der Waals surface area contributed by atoms with E-state index in [9.17, 15) is 14.3 Å². The van der Waals surface area contributed by atoms with E-state index >= 15 is 0 Å². The summed E-state index contributed by atoms with van der Waals surface area (Å²) in [7, 11) is 0. The van der Waals surface area contributed by atoms with Crippen molar-refractivity contribution in [2.45, 2.75) is 45.1 Å². The zero-order chi connectivity index (χ0) is 24.8. The minimum atomic E-state index is -0.945. The molecule has 0 spiro atoms. The molecule has 1 aliphatic rings. The second-order valence-corrected chi connectivity index (χ2v) is 7.93. The molecule has 0 saturated carbocycles. The molecule has 34 heavy (non-hydrogen) atoms. The van der Waals surface area contributed by atoms with E-state index in [1.165, 1.54) is 6.20 Å². The van der Waals surface area contributed by atoms with E-state index in [1.54, 1.807) is 12.1 Å². The van der Waals surface area contributed by atoms with Crippen LogP contribution in [0.2, 0.25) is 0 Å². The van der Waals surface area contributed by atoms with Crippen molar-refractivity contribution in [3.63, 3.8) is 0 Å². The van der Waals surface area contributed by atoms with Gasteiger partial charge in [0.05, 0.1) is 25.3 Å². The first-order valence-corrected chi connectivity index (χ1v) is 11.6. The van der Waals surface area contributed by atoms with Crippen molar-refractivity contribution in [1.29, 1.82) is 0 Å². The Balaban J connectivity index is 2.09. The quantitative estimate of drug-likeness (QED) is 0.241. The van der Waals surface area contributed by atoms with Gasteiger partial charge in [-0.2, -0.15) is 0 Å². The minimum Gasteiger partial charge on any atom is -0.463 e. The molecule has 1 unspecified atom stereocenters. The monoisotopic (exact) mass is 470 g/mol. The van der Waals surface area contributed by atoms with E-state index in [4.69, 9.17) is 15.2 Å². The Bertz CT molecular complexity index is 950. The zero-order valence-corrected chi connectivity index (χ0v) is 19.8. The number of nitrogens with zero attached hydrogens (tertiary/aromatic N) is 1. The largest absolute Gasteiger partial charge is 0.463 e. The molecular formula is C27H35FN2O4. The van der Waals surface area contributed by atoms with Crippen LogP contribution in [0.4, 0.5) is 4.39 Å². The smallest absolute Gasteiger partial charge is 0.310 e. The number of allylic oxidation sites excluding steroid dienone is 5. The van der Waals surface area contributed by atoms with Crippen LogP contribution in [0.15, 0.2) is 77.7 Å². The van der Waals surface area contributed by atoms with E-state index in [-0.39, 0.29) is 25.4 Å². The highest BCUT2D eigenvalue weighted by atomic mass is 19.1. The number of hydrogen-bond donors (Lipinski definition) is 2. The number of esters is 1. The maximum absolute atomic E-state index is 14.0. The Morgan fingerprint density at radius 1 is 1.38 bits per heavy atom. The Morgan fingerprint density at radius 3 is 2.91 bits per heavy atom. The second kappa shape index (κ2) is 15.1. The van der Waals surface area contributed by atoms with Crippen molar-refractivity contribution >= 4 is 5.97 Å². The predicted octanol–water partition coefficient (Wildman–Crippen LogP) is 4.13. The third kappa shape index (κ3) is 9.17. The highest BCUT2D eigenvalue weighted by Crippen LogP contribution is 2.28. The first-order chi connectivity index (χ1) is 16.5. The summed E-state index contributed by atoms with van der Waals surface area (Å²) in [5.41, 5.74) is 9.45. The summed E-state index contributed by atoms with van der Waals surface area (Å²) in [4.78, 5) is 15.9. The van der Waals surface area contributed by atoms with Crippen LogP contribution in [0, 0.1) is 5.82 Å². The summed E-state index contributed by atoms with van der Waals surface area (Å²) in [5, 5.41) is 10.7. The van der Waals surface area contributed by atoms with Crippen molar-refractivity contribution in [3.8, 4) is 0 Å². The lowest BCUT2D eigenvalue weighted by atomic mass is 9.90. The lowest BCUT2D eigenvalue weighted by molar-refractivity contribution is -0.144. The number of ether oxygens (including phenoxy) is 2. The zero-order valence-electron chi connectivity index (χ0n) is 19.8. The number of carbonyl (C=O) groups is 1. The molecule has 1 aromatic heterocycles. The third-order valence-electron chi connectivity index (χ3n) is 5.29. The SMILES string of the molecule is C=C/C(=C\C(=C\CN)C1=CC(CC(=O)OCCOCCC)=CCC1)C(O)Cc1ccncc1F. The summed E-state index contributed by atoms with van der Waals surface area (Å²) in [6.07, 6.45) is 13.7. The highest BCUT2D eigenvalue weighted by molar-refractivity contribution is 5.73. The standard InChI is InChI=1S/C27H35FN2O4/c1-3-12-33-13-14-34-27(32)16-20-6-5-7-22(15-20)23(8-10-29)17-21(4-2)26(31)18-24-9-11-30-19-25(24)28/h4,6,8-9,11,15,17,19,26,31H,2-3,5,7,10,12-14,16,18,29H2,1H3/b21-17+,23-8-. The van der Waals surface area contributed by atoms with E-state index < -0.39 is 11.9 Å². The Labute approximate surface area is 201 Å². The van der Waals surface area contributed by atoms with Crippen molar-refractivity contribution in [1.82, 2.24) is 4.98 Å². The van der Waals surface area contributed by atoms with Gasteiger partial charge in [0.25, 0.3) is 0 Å². The van der Waals surface area contributed by atoms with Crippen molar-refractivity contribution in [2.24, 2.45) is 5.73 Å². The van der Waals surface area contributed by atoms with Gasteiger partial charge in [-0.25, -0.2) is 4.39 Å². The molecule has 0 aliphatic heterocycles. The lowest BCUT2D eigenvalue weighted by Gasteiger charge is -2.18. The van der Waals surface area contributed by atoms with E-state index in [2.05, 4.69) is 11.6 Å². The lowest BCUT2D eigenvalue weighted by Crippen LogP contribution is -2.14. The number of carbonyl (C=O) groups excluding carboxylic acids is 1. The van der Waals surface area contributed by atoms with Gasteiger partial charge in [0, 0.05) is 25.8 Å². The molecule has 0 radical (unpaired) electrons. The van der Waals surface area contributed by atoms with Crippen LogP contribution < -0.4 is 5.73 Å². The molecule has 0 aromatic carbocycles. The number of pyridine rings is 1. The first kappa shape index (κ1) is 27.4. The molecule has 1 aliphatic carbocycles. The summed E-state index contributed by atoms with van der Waals surface area (Å²) in [5.74, 6) is -0.762. The third-order valence-corrected chi connectivity index (χ3v) is 5.29. The average molecular weight is 471 g/mol. The van der Waals surface area contributed by atoms with Crippen LogP contribution in [-0.4, -0.2) is 48.5 Å². The fourth-order valence-electron chi connectivity index (χ4n) is 3.57. The van der Waals surface area contributed by atoms with Gasteiger partial charge in [-0.05, 0) is 59.3 Å². The van der Waals surface area contributed by atoms with Crippen molar-refractivity contribution in [2.75, 3.05) is 26.4 Å². The van der Waals surface area contributed by atoms with Crippen molar-refractivity contribution < 1.29 is 23.8 Å². The molecule has 2 rings (SSSR count). The minimum absolute atomic E-state index is 0.0973. The van der Waals surface area contributed by atoms with Gasteiger partial charge >= 0.3 is 5.97 Å². The Hall–Kier alpha value is -2.87. The molecule has 0 saturated heterocycles. The molecule has 3 N–H and O–H groups in total. The van der Waals surface area contributed by atoms with Gasteiger partial charge in [0.1, 0.15) is 12.4 Å². The average Bonchev–Trinajstić information content (AvgIpc) is 2.83. The van der Waals surface area contributed by atoms with Gasteiger partial charge in [-0.3, -0.25) is 9.78 Å². The normalized spacial score (nSPS) is 15.4. The number of nitrogens with two attached hydrogens (primary N) is 1. The van der Waals surface area contributed by atoms with Crippen molar-refractivity contribution in [3.05, 3.63) is 89.1 Å². The van der Waals surface area contributed by atoms with Crippen LogP contribution in [0.25, 0.3) is 0 Å². The predicted molar refractivity (Wildman–Crippen MR) is 131 cm³/mol. The van der Waals surface area contributed by atoms with Crippen LogP contribution in [-0.2, 0) is 20.7 Å². The molecule has 0 fully saturated rings. The van der Waals surface area contributed by atoms with Gasteiger partial charge in [-0.15, -0.1) is 0 Å². The van der Waals surface area contributed by atoms with Crippen LogP contribution >= 0.6 is 0 Å². The van der Waals surface area contributed by atoms with Crippen LogP contribution in [0.3, 0.4) is 0 Å². The summed E-state index contributed by atoms with van der Waals surface area (Å²) < 4.78 is 24.5. The topological polar surface area (TPSA) is 94.7 Å². The van der Waals surface area contributed by atoms with Crippen LogP contribution in [0.5, 0.6) is 0 Å². The fourth-order valence-corrected chi connectivity index (χ4v) is 3.57. The number of aliphatic hydroxyl groups is 1. The molecule has 1 heterocycles. The molecule has 0 amide bonds. The Morgan fingerprint density at radius 2 is 2.21 bits per heavy atom. The first-order valence-electron chi connectivity index (χ1n) is 11.6. The van der Waals surface area contributed by atoms with E-state index in [0.29, 0.717) is 30.9 Å². The highest BCUT2D eigenvalue weighted by Gasteiger charge is 2.16. The van der Waals surface area contributed by atoms with Crippen LogP contribution in [0.1, 0.15) is 38.2 Å². The Kier molecular flexibility index (Phi) is 12.2. The molecular weight excluding hydrogens is 435 g/mol. The molecule has 0 bridgehead atoms. The number of aromatic nitrogens is 1. The second-order valence-electron chi connectivity index (χ2n) is 7.93. The maximum atomic E-state index is 14.0. The van der Waals surface area contributed by atoms with Gasteiger partial charge in [0.2, 0.25) is 0 Å². The molecule has 184 valence electrons. The summed E-state index contributed by atoms with van der Waals surface area (Å²) in [6, 6.07) is 1.55. The molecule has 7 heteroatoms. The molecule has 1 atom stereocenters. The number of aliphatic hydroxyl groups excluding tert-OH is 1. The summed E-state index contributed by atoms with van der Waals surface area (Å²) in [6.45, 7) is 7.42. The van der Waals surface area contributed by atoms with Gasteiger partial charge in [-0.1, -0.05) is 37.8 Å². The molecule has 1 aromatic rings. The summed E-state index contributed by atoms with van der Waals surface area (Å²) >= 11 is 0. The fraction of sp³-hybridized carbons (Fsp3) is 0.407. The van der Waals surface area contributed by atoms with Gasteiger partial charge < -0.3 is 20.3 Å². The van der Waals surface area contributed by atoms with E-state index in [0.717, 1.165) is 42.2 Å². The number of halogens is 1. The van der Waals surface area contributed by atoms with Gasteiger partial charge in [0.15, 0.2) is 0 Å². The maximum Gasteiger partial charge on any atom is 0.310 e.